The molecular formula is C12H14. The Bertz CT molecular complexity index is 261. The van der Waals surface area contributed by atoms with Crippen molar-refractivity contribution in [1.82, 2.24) is 0 Å². The van der Waals surface area contributed by atoms with Gasteiger partial charge in [0.15, 0.2) is 0 Å². The molecule has 0 aromatic heterocycles. The number of benzene rings is 1. The zero-order valence-electron chi connectivity index (χ0n) is 7.51. The lowest BCUT2D eigenvalue weighted by molar-refractivity contribution is 0.858. The van der Waals surface area contributed by atoms with Crippen LogP contribution in [0, 0.1) is 19.3 Å². The van der Waals surface area contributed by atoms with Crippen LogP contribution in [0.4, 0.5) is 0 Å². The molecule has 1 rings (SSSR count). The number of unbranched alkanes of at least 4 members (excludes halogenated alkanes) is 1. The molecule has 0 radical (unpaired) electrons. The molecule has 0 amide bonds. The van der Waals surface area contributed by atoms with Gasteiger partial charge in [-0.3, -0.25) is 0 Å². The number of terminal acetylenes is 1. The molecule has 0 bridgehead atoms. The fourth-order valence-electron chi connectivity index (χ4n) is 1.15. The zero-order valence-corrected chi connectivity index (χ0v) is 7.51. The van der Waals surface area contributed by atoms with Crippen LogP contribution in [0.5, 0.6) is 0 Å². The molecule has 0 N–H and O–H groups in total. The van der Waals surface area contributed by atoms with E-state index in [-0.39, 0.29) is 0 Å². The summed E-state index contributed by atoms with van der Waals surface area (Å²) in [5, 5.41) is 0. The van der Waals surface area contributed by atoms with Crippen LogP contribution in [0.25, 0.3) is 0 Å². The molecule has 1 aromatic carbocycles. The predicted octanol–water partition coefficient (Wildman–Crippen LogP) is 2.95. The SMILES string of the molecule is C#CCCCc1ccc(C)cc1. The number of hydrogen-bond donors (Lipinski definition) is 0. The largest absolute Gasteiger partial charge is 0.120 e. The monoisotopic (exact) mass is 158 g/mol. The second-order valence-electron chi connectivity index (χ2n) is 3.04. The molecule has 12 heavy (non-hydrogen) atoms. The van der Waals surface area contributed by atoms with Crippen molar-refractivity contribution in [2.45, 2.75) is 26.2 Å². The first-order valence-electron chi connectivity index (χ1n) is 4.32. The lowest BCUT2D eigenvalue weighted by atomic mass is 10.1. The van der Waals surface area contributed by atoms with Gasteiger partial charge in [-0.15, -0.1) is 12.3 Å². The molecule has 0 nitrogen and oxygen atoms in total. The highest BCUT2D eigenvalue weighted by Gasteiger charge is 1.90. The summed E-state index contributed by atoms with van der Waals surface area (Å²) in [4.78, 5) is 0. The molecule has 0 atom stereocenters. The lowest BCUT2D eigenvalue weighted by Gasteiger charge is -1.98. The van der Waals surface area contributed by atoms with Crippen molar-refractivity contribution in [3.63, 3.8) is 0 Å². The molecule has 0 spiro atoms. The maximum absolute atomic E-state index is 5.17. The Morgan fingerprint density at radius 2 is 1.92 bits per heavy atom. The number of rotatable bonds is 3. The Kier molecular flexibility index (Phi) is 3.41. The number of hydrogen-bond acceptors (Lipinski definition) is 0. The Labute approximate surface area is 74.6 Å². The van der Waals surface area contributed by atoms with Crippen molar-refractivity contribution in [2.24, 2.45) is 0 Å². The van der Waals surface area contributed by atoms with Gasteiger partial charge in [-0.2, -0.15) is 0 Å². The van der Waals surface area contributed by atoms with Crippen LogP contribution >= 0.6 is 0 Å². The number of aryl methyl sites for hydroxylation is 2. The minimum Gasteiger partial charge on any atom is -0.120 e. The lowest BCUT2D eigenvalue weighted by Crippen LogP contribution is -1.84. The van der Waals surface area contributed by atoms with Gasteiger partial charge in [0.25, 0.3) is 0 Å². The summed E-state index contributed by atoms with van der Waals surface area (Å²) < 4.78 is 0. The standard InChI is InChI=1S/C12H14/c1-3-4-5-6-12-9-7-11(2)8-10-12/h1,7-10H,4-6H2,2H3. The van der Waals surface area contributed by atoms with Crippen LogP contribution < -0.4 is 0 Å². The zero-order chi connectivity index (χ0) is 8.81. The van der Waals surface area contributed by atoms with Gasteiger partial charge >= 0.3 is 0 Å². The summed E-state index contributed by atoms with van der Waals surface area (Å²) in [5.74, 6) is 2.65. The van der Waals surface area contributed by atoms with E-state index in [1.165, 1.54) is 11.1 Å². The van der Waals surface area contributed by atoms with E-state index in [9.17, 15) is 0 Å². The molecule has 0 aliphatic rings. The van der Waals surface area contributed by atoms with Crippen molar-refractivity contribution >= 4 is 0 Å². The molecule has 0 saturated carbocycles. The first-order valence-corrected chi connectivity index (χ1v) is 4.32. The summed E-state index contributed by atoms with van der Waals surface area (Å²) in [7, 11) is 0. The highest BCUT2D eigenvalue weighted by atomic mass is 14.0. The Hall–Kier alpha value is -1.22. The summed E-state index contributed by atoms with van der Waals surface area (Å²) in [6.07, 6.45) is 8.25. The minimum atomic E-state index is 0.883. The van der Waals surface area contributed by atoms with Gasteiger partial charge in [0.1, 0.15) is 0 Å². The summed E-state index contributed by atoms with van der Waals surface area (Å²) in [5.41, 5.74) is 2.70. The van der Waals surface area contributed by atoms with Crippen molar-refractivity contribution < 1.29 is 0 Å². The molecule has 1 aromatic rings. The Morgan fingerprint density at radius 1 is 1.25 bits per heavy atom. The second kappa shape index (κ2) is 4.62. The van der Waals surface area contributed by atoms with Crippen LogP contribution in [0.1, 0.15) is 24.0 Å². The van der Waals surface area contributed by atoms with E-state index in [2.05, 4.69) is 37.1 Å². The molecule has 0 fully saturated rings. The van der Waals surface area contributed by atoms with Crippen LogP contribution in [0.3, 0.4) is 0 Å². The van der Waals surface area contributed by atoms with Gasteiger partial charge in [0.05, 0.1) is 0 Å². The van der Waals surface area contributed by atoms with E-state index in [0.717, 1.165) is 19.3 Å². The van der Waals surface area contributed by atoms with Crippen molar-refractivity contribution in [1.29, 1.82) is 0 Å². The fourth-order valence-corrected chi connectivity index (χ4v) is 1.15. The summed E-state index contributed by atoms with van der Waals surface area (Å²) >= 11 is 0. The molecule has 0 heterocycles. The van der Waals surface area contributed by atoms with E-state index in [0.29, 0.717) is 0 Å². The minimum absolute atomic E-state index is 0.883. The smallest absolute Gasteiger partial charge is 0.00892 e. The van der Waals surface area contributed by atoms with Crippen molar-refractivity contribution in [2.75, 3.05) is 0 Å². The average Bonchev–Trinajstić information content (AvgIpc) is 2.09. The van der Waals surface area contributed by atoms with Gasteiger partial charge in [-0.25, -0.2) is 0 Å². The Balaban J connectivity index is 2.43. The van der Waals surface area contributed by atoms with E-state index in [1.807, 2.05) is 0 Å². The summed E-state index contributed by atoms with van der Waals surface area (Å²) in [6.45, 7) is 2.10. The predicted molar refractivity (Wildman–Crippen MR) is 53.0 cm³/mol. The third-order valence-corrected chi connectivity index (χ3v) is 1.91. The third kappa shape index (κ3) is 2.80. The highest BCUT2D eigenvalue weighted by molar-refractivity contribution is 5.21. The van der Waals surface area contributed by atoms with E-state index in [1.54, 1.807) is 0 Å². The van der Waals surface area contributed by atoms with Crippen LogP contribution in [-0.2, 0) is 6.42 Å². The maximum atomic E-state index is 5.17. The first-order chi connectivity index (χ1) is 5.83. The van der Waals surface area contributed by atoms with Gasteiger partial charge in [0.2, 0.25) is 0 Å². The molecule has 0 aliphatic carbocycles. The normalized spacial score (nSPS) is 9.33. The molecular weight excluding hydrogens is 144 g/mol. The van der Waals surface area contributed by atoms with Crippen LogP contribution in [-0.4, -0.2) is 0 Å². The molecule has 0 aliphatic heterocycles. The van der Waals surface area contributed by atoms with Crippen molar-refractivity contribution in [3.05, 3.63) is 35.4 Å². The fraction of sp³-hybridized carbons (Fsp3) is 0.333. The average molecular weight is 158 g/mol. The second-order valence-corrected chi connectivity index (χ2v) is 3.04. The van der Waals surface area contributed by atoms with Gasteiger partial charge in [-0.05, 0) is 25.3 Å². The highest BCUT2D eigenvalue weighted by Crippen LogP contribution is 2.06. The quantitative estimate of drug-likeness (QED) is 0.468. The first kappa shape index (κ1) is 8.87. The molecule has 0 saturated heterocycles. The van der Waals surface area contributed by atoms with E-state index < -0.39 is 0 Å². The molecule has 0 heteroatoms. The molecule has 62 valence electrons. The Morgan fingerprint density at radius 3 is 2.50 bits per heavy atom. The van der Waals surface area contributed by atoms with Gasteiger partial charge in [-0.1, -0.05) is 29.8 Å². The third-order valence-electron chi connectivity index (χ3n) is 1.91. The van der Waals surface area contributed by atoms with E-state index in [4.69, 9.17) is 6.42 Å². The van der Waals surface area contributed by atoms with Crippen LogP contribution in [0.15, 0.2) is 24.3 Å². The van der Waals surface area contributed by atoms with E-state index >= 15 is 0 Å². The topological polar surface area (TPSA) is 0 Å². The van der Waals surface area contributed by atoms with Gasteiger partial charge < -0.3 is 0 Å². The van der Waals surface area contributed by atoms with Crippen LogP contribution in [0.2, 0.25) is 0 Å². The summed E-state index contributed by atoms with van der Waals surface area (Å²) in [6, 6.07) is 8.63. The van der Waals surface area contributed by atoms with Gasteiger partial charge in [0, 0.05) is 6.42 Å². The molecule has 0 unspecified atom stereocenters. The maximum Gasteiger partial charge on any atom is 0.00892 e. The van der Waals surface area contributed by atoms with Crippen molar-refractivity contribution in [3.8, 4) is 12.3 Å².